The van der Waals surface area contributed by atoms with Gasteiger partial charge < -0.3 is 5.32 Å². The predicted molar refractivity (Wildman–Crippen MR) is 76.4 cm³/mol. The Bertz CT molecular complexity index is 606. The van der Waals surface area contributed by atoms with Crippen molar-refractivity contribution in [3.63, 3.8) is 0 Å². The van der Waals surface area contributed by atoms with Crippen molar-refractivity contribution in [1.29, 1.82) is 0 Å². The molecule has 0 aliphatic rings. The molecule has 0 aliphatic heterocycles. The van der Waals surface area contributed by atoms with E-state index in [2.05, 4.69) is 15.3 Å². The molecule has 2 heterocycles. The fourth-order valence-corrected chi connectivity index (χ4v) is 2.93. The monoisotopic (exact) mass is 275 g/mol. The molecular weight excluding hydrogens is 258 g/mol. The van der Waals surface area contributed by atoms with Crippen LogP contribution >= 0.6 is 11.3 Å². The Labute approximate surface area is 116 Å². The molecule has 0 spiro atoms. The summed E-state index contributed by atoms with van der Waals surface area (Å²) in [5.41, 5.74) is 2.29. The van der Waals surface area contributed by atoms with E-state index in [0.717, 1.165) is 21.3 Å². The summed E-state index contributed by atoms with van der Waals surface area (Å²) in [6.45, 7) is 7.78. The van der Waals surface area contributed by atoms with Gasteiger partial charge in [-0.25, -0.2) is 4.98 Å². The van der Waals surface area contributed by atoms with Gasteiger partial charge >= 0.3 is 0 Å². The number of nitrogens with zero attached hydrogens (tertiary/aromatic N) is 2. The predicted octanol–water partition coefficient (Wildman–Crippen LogP) is 2.95. The van der Waals surface area contributed by atoms with Gasteiger partial charge in [0.2, 0.25) is 0 Å². The maximum Gasteiger partial charge on any atom is 0.253 e. The quantitative estimate of drug-likeness (QED) is 0.937. The van der Waals surface area contributed by atoms with E-state index in [1.54, 1.807) is 29.7 Å². The molecule has 0 saturated heterocycles. The third kappa shape index (κ3) is 2.98. The first-order valence-corrected chi connectivity index (χ1v) is 6.97. The van der Waals surface area contributed by atoms with Gasteiger partial charge in [0.25, 0.3) is 5.91 Å². The molecule has 1 atom stereocenters. The van der Waals surface area contributed by atoms with E-state index < -0.39 is 0 Å². The number of nitrogens with one attached hydrogen (secondary N) is 1. The van der Waals surface area contributed by atoms with Gasteiger partial charge in [0.15, 0.2) is 0 Å². The van der Waals surface area contributed by atoms with Gasteiger partial charge in [0.05, 0.1) is 22.3 Å². The number of carbonyl (C=O) groups is 1. The van der Waals surface area contributed by atoms with Crippen LogP contribution in [0.15, 0.2) is 18.3 Å². The van der Waals surface area contributed by atoms with Gasteiger partial charge in [-0.1, -0.05) is 0 Å². The number of amides is 1. The normalized spacial score (nSPS) is 12.2. The summed E-state index contributed by atoms with van der Waals surface area (Å²) < 4.78 is 0. The van der Waals surface area contributed by atoms with Crippen LogP contribution < -0.4 is 5.32 Å². The molecule has 5 heteroatoms. The smallest absolute Gasteiger partial charge is 0.253 e. The van der Waals surface area contributed by atoms with Crippen LogP contribution in [0.25, 0.3) is 0 Å². The molecule has 19 heavy (non-hydrogen) atoms. The molecular formula is C14H17N3OS. The Hall–Kier alpha value is -1.75. The summed E-state index contributed by atoms with van der Waals surface area (Å²) in [7, 11) is 0. The summed E-state index contributed by atoms with van der Waals surface area (Å²) in [6, 6.07) is 3.45. The first kappa shape index (κ1) is 13.7. The summed E-state index contributed by atoms with van der Waals surface area (Å²) in [4.78, 5) is 21.9. The number of carbonyl (C=O) groups excluding carboxylic acids is 1. The number of aromatic nitrogens is 2. The fourth-order valence-electron chi connectivity index (χ4n) is 2.01. The highest BCUT2D eigenvalue weighted by molar-refractivity contribution is 7.11. The molecule has 1 amide bonds. The van der Waals surface area contributed by atoms with Crippen molar-refractivity contribution in [1.82, 2.24) is 15.3 Å². The van der Waals surface area contributed by atoms with Crippen LogP contribution in [0.3, 0.4) is 0 Å². The topological polar surface area (TPSA) is 54.9 Å². The Balaban J connectivity index is 2.15. The molecule has 1 N–H and O–H groups in total. The number of hydrogen-bond donors (Lipinski definition) is 1. The van der Waals surface area contributed by atoms with Crippen LogP contribution in [0.4, 0.5) is 0 Å². The van der Waals surface area contributed by atoms with Crippen molar-refractivity contribution >= 4 is 17.2 Å². The maximum absolute atomic E-state index is 12.2. The van der Waals surface area contributed by atoms with Crippen molar-refractivity contribution in [2.24, 2.45) is 0 Å². The van der Waals surface area contributed by atoms with Crippen LogP contribution in [-0.4, -0.2) is 15.9 Å². The van der Waals surface area contributed by atoms with Crippen molar-refractivity contribution in [2.45, 2.75) is 33.7 Å². The zero-order chi connectivity index (χ0) is 14.0. The number of aryl methyl sites for hydroxylation is 3. The first-order chi connectivity index (χ1) is 8.99. The molecule has 2 aromatic heterocycles. The molecule has 0 aliphatic carbocycles. The molecule has 0 fully saturated rings. The number of rotatable bonds is 3. The van der Waals surface area contributed by atoms with Crippen molar-refractivity contribution in [3.05, 3.63) is 45.2 Å². The summed E-state index contributed by atoms with van der Waals surface area (Å²) in [6.07, 6.45) is 1.68. The zero-order valence-electron chi connectivity index (χ0n) is 11.5. The summed E-state index contributed by atoms with van der Waals surface area (Å²) in [5, 5.41) is 3.99. The van der Waals surface area contributed by atoms with Crippen LogP contribution in [0.5, 0.6) is 0 Å². The Morgan fingerprint density at radius 2 is 2.11 bits per heavy atom. The lowest BCUT2D eigenvalue weighted by molar-refractivity contribution is 0.0938. The van der Waals surface area contributed by atoms with E-state index in [9.17, 15) is 4.79 Å². The van der Waals surface area contributed by atoms with Gasteiger partial charge in [0, 0.05) is 16.8 Å². The highest BCUT2D eigenvalue weighted by Crippen LogP contribution is 2.22. The third-order valence-electron chi connectivity index (χ3n) is 2.95. The second-order valence-electron chi connectivity index (χ2n) is 4.51. The lowest BCUT2D eigenvalue weighted by Gasteiger charge is -2.13. The van der Waals surface area contributed by atoms with Crippen LogP contribution in [0.2, 0.25) is 0 Å². The van der Waals surface area contributed by atoms with E-state index in [1.807, 2.05) is 27.7 Å². The molecule has 0 radical (unpaired) electrons. The van der Waals surface area contributed by atoms with Crippen LogP contribution in [0, 0.1) is 20.8 Å². The standard InChI is InChI=1S/C14H17N3OS/c1-8-12(6-5-7-15-8)14(18)16-9(2)13-10(3)19-11(4)17-13/h5-7,9H,1-4H3,(H,16,18)/t9-/m0/s1. The minimum absolute atomic E-state index is 0.0999. The second kappa shape index (κ2) is 5.48. The van der Waals surface area contributed by atoms with Crippen molar-refractivity contribution in [3.8, 4) is 0 Å². The molecule has 100 valence electrons. The van der Waals surface area contributed by atoms with E-state index in [1.165, 1.54) is 0 Å². The zero-order valence-corrected chi connectivity index (χ0v) is 12.3. The number of pyridine rings is 1. The summed E-state index contributed by atoms with van der Waals surface area (Å²) >= 11 is 1.65. The molecule has 4 nitrogen and oxygen atoms in total. The minimum atomic E-state index is -0.108. The van der Waals surface area contributed by atoms with Gasteiger partial charge in [-0.3, -0.25) is 9.78 Å². The largest absolute Gasteiger partial charge is 0.344 e. The van der Waals surface area contributed by atoms with Crippen molar-refractivity contribution < 1.29 is 4.79 Å². The Kier molecular flexibility index (Phi) is 3.95. The van der Waals surface area contributed by atoms with E-state index >= 15 is 0 Å². The highest BCUT2D eigenvalue weighted by Gasteiger charge is 2.17. The number of hydrogen-bond acceptors (Lipinski definition) is 4. The molecule has 2 rings (SSSR count). The lowest BCUT2D eigenvalue weighted by Crippen LogP contribution is -2.28. The number of thiazole rings is 1. The van der Waals surface area contributed by atoms with Gasteiger partial charge in [-0.15, -0.1) is 11.3 Å². The lowest BCUT2D eigenvalue weighted by atomic mass is 10.1. The van der Waals surface area contributed by atoms with E-state index in [-0.39, 0.29) is 11.9 Å². The molecule has 0 saturated carbocycles. The van der Waals surface area contributed by atoms with Gasteiger partial charge in [-0.05, 0) is 39.8 Å². The highest BCUT2D eigenvalue weighted by atomic mass is 32.1. The van der Waals surface area contributed by atoms with E-state index in [0.29, 0.717) is 5.56 Å². The molecule has 0 bridgehead atoms. The first-order valence-electron chi connectivity index (χ1n) is 6.15. The fraction of sp³-hybridized carbons (Fsp3) is 0.357. The van der Waals surface area contributed by atoms with Crippen LogP contribution in [0.1, 0.15) is 44.6 Å². The molecule has 2 aromatic rings. The Morgan fingerprint density at radius 1 is 1.37 bits per heavy atom. The van der Waals surface area contributed by atoms with Crippen LogP contribution in [-0.2, 0) is 0 Å². The second-order valence-corrected chi connectivity index (χ2v) is 5.91. The summed E-state index contributed by atoms with van der Waals surface area (Å²) in [5.74, 6) is -0.108. The molecule has 0 unspecified atom stereocenters. The average Bonchev–Trinajstić information content (AvgIpc) is 2.69. The SMILES string of the molecule is Cc1nc([C@H](C)NC(=O)c2cccnc2C)c(C)s1. The van der Waals surface area contributed by atoms with Gasteiger partial charge in [-0.2, -0.15) is 0 Å². The van der Waals surface area contributed by atoms with E-state index in [4.69, 9.17) is 0 Å². The average molecular weight is 275 g/mol. The Morgan fingerprint density at radius 3 is 2.68 bits per heavy atom. The minimum Gasteiger partial charge on any atom is -0.344 e. The van der Waals surface area contributed by atoms with Gasteiger partial charge in [0.1, 0.15) is 0 Å². The third-order valence-corrected chi connectivity index (χ3v) is 3.85. The van der Waals surface area contributed by atoms with Crippen molar-refractivity contribution in [2.75, 3.05) is 0 Å². The molecule has 0 aromatic carbocycles. The maximum atomic E-state index is 12.2.